The van der Waals surface area contributed by atoms with Crippen LogP contribution in [0.25, 0.3) is 0 Å². The van der Waals surface area contributed by atoms with Crippen molar-refractivity contribution in [3.8, 4) is 0 Å². The average Bonchev–Trinajstić information content (AvgIpc) is 2.64. The van der Waals surface area contributed by atoms with E-state index in [9.17, 15) is 9.59 Å². The SMILES string of the molecule is CC(CCCNC(=O)c1ccccc1)CNC(=O)c1ccccc1. The number of carbonyl (C=O) groups excluding carboxylic acids is 2. The molecule has 0 aliphatic carbocycles. The van der Waals surface area contributed by atoms with Crippen LogP contribution in [0.4, 0.5) is 0 Å². The maximum absolute atomic E-state index is 12.0. The second-order valence-electron chi connectivity index (χ2n) is 5.95. The van der Waals surface area contributed by atoms with Gasteiger partial charge in [-0.15, -0.1) is 0 Å². The van der Waals surface area contributed by atoms with Crippen LogP contribution in [0.1, 0.15) is 40.5 Å². The van der Waals surface area contributed by atoms with Gasteiger partial charge in [0.05, 0.1) is 0 Å². The first kappa shape index (κ1) is 17.7. The van der Waals surface area contributed by atoms with Gasteiger partial charge in [-0.2, -0.15) is 0 Å². The molecule has 0 spiro atoms. The predicted molar refractivity (Wildman–Crippen MR) is 95.9 cm³/mol. The Bertz CT molecular complexity index is 641. The first-order valence-corrected chi connectivity index (χ1v) is 8.33. The van der Waals surface area contributed by atoms with Crippen molar-refractivity contribution in [1.82, 2.24) is 10.6 Å². The Kier molecular flexibility index (Phi) is 7.02. The summed E-state index contributed by atoms with van der Waals surface area (Å²) in [6.45, 7) is 3.38. The van der Waals surface area contributed by atoms with Gasteiger partial charge in [-0.3, -0.25) is 9.59 Å². The lowest BCUT2D eigenvalue weighted by atomic mass is 10.1. The van der Waals surface area contributed by atoms with Gasteiger partial charge in [-0.05, 0) is 43.0 Å². The van der Waals surface area contributed by atoms with E-state index in [1.807, 2.05) is 36.4 Å². The summed E-state index contributed by atoms with van der Waals surface area (Å²) in [6, 6.07) is 18.4. The molecule has 4 heteroatoms. The van der Waals surface area contributed by atoms with Crippen LogP contribution in [0.3, 0.4) is 0 Å². The Morgan fingerprint density at radius 3 is 1.88 bits per heavy atom. The van der Waals surface area contributed by atoms with Crippen LogP contribution in [0.5, 0.6) is 0 Å². The Hall–Kier alpha value is -2.62. The van der Waals surface area contributed by atoms with Gasteiger partial charge in [-0.25, -0.2) is 0 Å². The van der Waals surface area contributed by atoms with Gasteiger partial charge in [0.15, 0.2) is 0 Å². The van der Waals surface area contributed by atoms with Crippen molar-refractivity contribution in [1.29, 1.82) is 0 Å². The Morgan fingerprint density at radius 1 is 0.833 bits per heavy atom. The summed E-state index contributed by atoms with van der Waals surface area (Å²) in [5, 5.41) is 5.87. The van der Waals surface area contributed by atoms with Gasteiger partial charge in [0.1, 0.15) is 0 Å². The Balaban J connectivity index is 1.61. The van der Waals surface area contributed by atoms with Gasteiger partial charge in [0.2, 0.25) is 0 Å². The summed E-state index contributed by atoms with van der Waals surface area (Å²) in [5.41, 5.74) is 1.36. The van der Waals surface area contributed by atoms with Crippen molar-refractivity contribution in [2.75, 3.05) is 13.1 Å². The van der Waals surface area contributed by atoms with Gasteiger partial charge in [-0.1, -0.05) is 43.3 Å². The molecule has 0 heterocycles. The summed E-state index contributed by atoms with van der Waals surface area (Å²) < 4.78 is 0. The van der Waals surface area contributed by atoms with E-state index >= 15 is 0 Å². The third-order valence-corrected chi connectivity index (χ3v) is 3.84. The molecule has 1 unspecified atom stereocenters. The maximum atomic E-state index is 12.0. The standard InChI is InChI=1S/C20H24N2O2/c1-16(15-22-20(24)18-12-6-3-7-13-18)9-8-14-21-19(23)17-10-4-2-5-11-17/h2-7,10-13,16H,8-9,14-15H2,1H3,(H,21,23)(H,22,24). The summed E-state index contributed by atoms with van der Waals surface area (Å²) in [6.07, 6.45) is 1.84. The monoisotopic (exact) mass is 324 g/mol. The van der Waals surface area contributed by atoms with Gasteiger partial charge in [0, 0.05) is 24.2 Å². The third-order valence-electron chi connectivity index (χ3n) is 3.84. The highest BCUT2D eigenvalue weighted by Gasteiger charge is 2.08. The highest BCUT2D eigenvalue weighted by molar-refractivity contribution is 5.94. The molecule has 0 saturated heterocycles. The lowest BCUT2D eigenvalue weighted by Crippen LogP contribution is -2.29. The maximum Gasteiger partial charge on any atom is 0.251 e. The van der Waals surface area contributed by atoms with Gasteiger partial charge >= 0.3 is 0 Å². The van der Waals surface area contributed by atoms with Crippen molar-refractivity contribution in [3.05, 3.63) is 71.8 Å². The molecule has 2 amide bonds. The largest absolute Gasteiger partial charge is 0.352 e. The molecule has 24 heavy (non-hydrogen) atoms. The first-order chi connectivity index (χ1) is 11.7. The summed E-state index contributed by atoms with van der Waals surface area (Å²) in [4.78, 5) is 23.9. The molecule has 1 atom stereocenters. The minimum atomic E-state index is -0.0418. The molecule has 2 rings (SSSR count). The molecule has 0 radical (unpaired) electrons. The number of hydrogen-bond acceptors (Lipinski definition) is 2. The van der Waals surface area contributed by atoms with Crippen molar-refractivity contribution >= 4 is 11.8 Å². The fourth-order valence-electron chi connectivity index (χ4n) is 2.40. The zero-order valence-electron chi connectivity index (χ0n) is 14.0. The Labute approximate surface area is 143 Å². The molecule has 0 bridgehead atoms. The number of rotatable bonds is 8. The van der Waals surface area contributed by atoms with E-state index in [0.717, 1.165) is 12.8 Å². The average molecular weight is 324 g/mol. The molecule has 0 fully saturated rings. The first-order valence-electron chi connectivity index (χ1n) is 8.33. The van der Waals surface area contributed by atoms with Crippen molar-refractivity contribution in [3.63, 3.8) is 0 Å². The van der Waals surface area contributed by atoms with Gasteiger partial charge in [0.25, 0.3) is 11.8 Å². The zero-order chi connectivity index (χ0) is 17.2. The molecule has 0 aromatic heterocycles. The molecule has 4 nitrogen and oxygen atoms in total. The smallest absolute Gasteiger partial charge is 0.251 e. The number of amides is 2. The molecule has 0 saturated carbocycles. The third kappa shape index (κ3) is 5.88. The second kappa shape index (κ2) is 9.50. The van der Waals surface area contributed by atoms with E-state index in [2.05, 4.69) is 17.6 Å². The van der Waals surface area contributed by atoms with E-state index in [4.69, 9.17) is 0 Å². The molecule has 2 N–H and O–H groups in total. The lowest BCUT2D eigenvalue weighted by molar-refractivity contribution is 0.0945. The molecule has 126 valence electrons. The fourth-order valence-corrected chi connectivity index (χ4v) is 2.40. The van der Waals surface area contributed by atoms with Crippen LogP contribution in [-0.2, 0) is 0 Å². The topological polar surface area (TPSA) is 58.2 Å². The van der Waals surface area contributed by atoms with Crippen molar-refractivity contribution in [2.45, 2.75) is 19.8 Å². The van der Waals surface area contributed by atoms with Crippen LogP contribution in [-0.4, -0.2) is 24.9 Å². The molecule has 2 aromatic carbocycles. The van der Waals surface area contributed by atoms with Crippen LogP contribution in [0.15, 0.2) is 60.7 Å². The van der Waals surface area contributed by atoms with Crippen LogP contribution < -0.4 is 10.6 Å². The van der Waals surface area contributed by atoms with E-state index in [1.165, 1.54) is 0 Å². The summed E-state index contributed by atoms with van der Waals surface area (Å²) in [7, 11) is 0. The second-order valence-corrected chi connectivity index (χ2v) is 5.95. The van der Waals surface area contributed by atoms with E-state index in [-0.39, 0.29) is 11.8 Å². The normalized spacial score (nSPS) is 11.5. The number of hydrogen-bond donors (Lipinski definition) is 2. The minimum absolute atomic E-state index is 0.0411. The Morgan fingerprint density at radius 2 is 1.33 bits per heavy atom. The fraction of sp³-hybridized carbons (Fsp3) is 0.300. The predicted octanol–water partition coefficient (Wildman–Crippen LogP) is 3.26. The zero-order valence-corrected chi connectivity index (χ0v) is 14.0. The molecule has 0 aliphatic rings. The molecule has 2 aromatic rings. The van der Waals surface area contributed by atoms with E-state index in [1.54, 1.807) is 24.3 Å². The van der Waals surface area contributed by atoms with E-state index < -0.39 is 0 Å². The van der Waals surface area contributed by atoms with Crippen molar-refractivity contribution < 1.29 is 9.59 Å². The van der Waals surface area contributed by atoms with Crippen LogP contribution in [0.2, 0.25) is 0 Å². The lowest BCUT2D eigenvalue weighted by Gasteiger charge is -2.13. The molecular formula is C20H24N2O2. The quantitative estimate of drug-likeness (QED) is 0.732. The number of benzene rings is 2. The minimum Gasteiger partial charge on any atom is -0.352 e. The highest BCUT2D eigenvalue weighted by atomic mass is 16.2. The molecular weight excluding hydrogens is 300 g/mol. The van der Waals surface area contributed by atoms with Crippen LogP contribution in [0, 0.1) is 5.92 Å². The number of carbonyl (C=O) groups is 2. The van der Waals surface area contributed by atoms with Crippen LogP contribution >= 0.6 is 0 Å². The van der Waals surface area contributed by atoms with Gasteiger partial charge < -0.3 is 10.6 Å². The number of nitrogens with one attached hydrogen (secondary N) is 2. The highest BCUT2D eigenvalue weighted by Crippen LogP contribution is 2.05. The summed E-state index contributed by atoms with van der Waals surface area (Å²) >= 11 is 0. The van der Waals surface area contributed by atoms with E-state index in [0.29, 0.717) is 30.1 Å². The van der Waals surface area contributed by atoms with Crippen molar-refractivity contribution in [2.24, 2.45) is 5.92 Å². The molecule has 0 aliphatic heterocycles. The summed E-state index contributed by atoms with van der Waals surface area (Å²) in [5.74, 6) is 0.284.